The number of rotatable bonds is 17. The molecule has 0 saturated carbocycles. The van der Waals surface area contributed by atoms with Crippen molar-refractivity contribution in [2.24, 2.45) is 0 Å². The summed E-state index contributed by atoms with van der Waals surface area (Å²) in [5, 5.41) is 53.9. The van der Waals surface area contributed by atoms with E-state index in [0.717, 1.165) is 5.56 Å². The Morgan fingerprint density at radius 1 is 0.951 bits per heavy atom. The van der Waals surface area contributed by atoms with Crippen LogP contribution in [0.25, 0.3) is 0 Å². The molecule has 0 saturated heterocycles. The van der Waals surface area contributed by atoms with Crippen LogP contribution in [0.2, 0.25) is 0 Å². The molecule has 2 aromatic rings. The number of benzene rings is 1. The maximum atomic E-state index is 12.4. The summed E-state index contributed by atoms with van der Waals surface area (Å²) < 4.78 is 1.09. The third-order valence-corrected chi connectivity index (χ3v) is 5.75. The summed E-state index contributed by atoms with van der Waals surface area (Å²) in [6, 6.07) is 3.03. The molecule has 0 aliphatic heterocycles. The maximum Gasteiger partial charge on any atom is 0.326 e. The Morgan fingerprint density at radius 3 is 2.12 bits per heavy atom. The van der Waals surface area contributed by atoms with E-state index in [0.29, 0.717) is 30.6 Å². The molecule has 224 valence electrons. The second-order valence-corrected chi connectivity index (χ2v) is 9.92. The minimum Gasteiger partial charge on any atom is -0.633 e. The highest BCUT2D eigenvalue weighted by Gasteiger charge is 2.24. The SMILES string of the molecule is C[N+](C)([O-])Cc1cn(Cc2ccc(C(=O)NCCCC[C@H](NC(=O)N[C@H](CCC(=O)O)C(=O)O)C(=O)O)cc2)nn1. The molecule has 0 fully saturated rings. The van der Waals surface area contributed by atoms with Gasteiger partial charge in [-0.05, 0) is 43.4 Å². The van der Waals surface area contributed by atoms with E-state index in [2.05, 4.69) is 26.3 Å². The second-order valence-electron chi connectivity index (χ2n) is 9.92. The first-order chi connectivity index (χ1) is 19.2. The van der Waals surface area contributed by atoms with Gasteiger partial charge in [0.05, 0.1) is 26.8 Å². The first kappa shape index (κ1) is 32.6. The number of carbonyl (C=O) groups excluding carboxylic acids is 2. The van der Waals surface area contributed by atoms with Gasteiger partial charge >= 0.3 is 23.9 Å². The second kappa shape index (κ2) is 15.3. The molecule has 1 aromatic heterocycles. The van der Waals surface area contributed by atoms with Gasteiger partial charge in [-0.1, -0.05) is 17.3 Å². The van der Waals surface area contributed by atoms with Gasteiger partial charge in [-0.25, -0.2) is 19.1 Å². The van der Waals surface area contributed by atoms with Crippen LogP contribution < -0.4 is 16.0 Å². The van der Waals surface area contributed by atoms with E-state index in [4.69, 9.17) is 10.2 Å². The first-order valence-corrected chi connectivity index (χ1v) is 12.8. The molecular weight excluding hydrogens is 542 g/mol. The summed E-state index contributed by atoms with van der Waals surface area (Å²) in [6.07, 6.45) is 1.63. The standard InChI is InChI=1S/C25H35N7O9/c1-32(2,41)15-18-14-31(30-29-18)13-16-6-8-17(9-7-16)22(35)26-12-4-3-5-19(23(36)37)27-25(40)28-20(24(38)39)10-11-21(33)34/h6-9,14,19-20H,3-5,10-13,15H2,1-2H3,(H,26,35)(H,33,34)(H,36,37)(H,38,39)(H2,27,28,40)/t19-,20+/m0/s1. The highest BCUT2D eigenvalue weighted by Crippen LogP contribution is 2.09. The molecule has 16 heteroatoms. The van der Waals surface area contributed by atoms with Crippen molar-refractivity contribution in [2.45, 2.75) is 57.3 Å². The fraction of sp³-hybridized carbons (Fsp3) is 0.480. The minimum absolute atomic E-state index is 0.0233. The summed E-state index contributed by atoms with van der Waals surface area (Å²) in [5.41, 5.74) is 1.88. The molecule has 0 spiro atoms. The summed E-state index contributed by atoms with van der Waals surface area (Å²) in [4.78, 5) is 57.8. The average Bonchev–Trinajstić information content (AvgIpc) is 3.30. The highest BCUT2D eigenvalue weighted by atomic mass is 16.5. The Bertz CT molecular complexity index is 1210. The van der Waals surface area contributed by atoms with Crippen LogP contribution in [0, 0.1) is 5.21 Å². The number of urea groups is 1. The number of carboxylic acids is 3. The van der Waals surface area contributed by atoms with Crippen LogP contribution in [0.3, 0.4) is 0 Å². The lowest BCUT2D eigenvalue weighted by atomic mass is 10.1. The van der Waals surface area contributed by atoms with Crippen LogP contribution in [-0.4, -0.2) is 97.5 Å². The molecule has 0 radical (unpaired) electrons. The lowest BCUT2D eigenvalue weighted by Crippen LogP contribution is -2.51. The van der Waals surface area contributed by atoms with E-state index in [-0.39, 0.29) is 31.8 Å². The number of carbonyl (C=O) groups is 5. The first-order valence-electron chi connectivity index (χ1n) is 12.8. The van der Waals surface area contributed by atoms with Crippen molar-refractivity contribution in [2.75, 3.05) is 20.6 Å². The van der Waals surface area contributed by atoms with E-state index < -0.39 is 47.1 Å². The lowest BCUT2D eigenvalue weighted by molar-refractivity contribution is -0.854. The Balaban J connectivity index is 1.75. The average molecular weight is 578 g/mol. The van der Waals surface area contributed by atoms with Crippen molar-refractivity contribution in [1.29, 1.82) is 0 Å². The van der Waals surface area contributed by atoms with E-state index >= 15 is 0 Å². The Hall–Kier alpha value is -4.57. The van der Waals surface area contributed by atoms with Crippen molar-refractivity contribution >= 4 is 29.8 Å². The molecule has 1 aromatic carbocycles. The van der Waals surface area contributed by atoms with Gasteiger partial charge in [-0.2, -0.15) is 0 Å². The molecule has 41 heavy (non-hydrogen) atoms. The Morgan fingerprint density at radius 2 is 1.56 bits per heavy atom. The topological polar surface area (TPSA) is 236 Å². The third kappa shape index (κ3) is 12.4. The summed E-state index contributed by atoms with van der Waals surface area (Å²) in [7, 11) is 3.03. The predicted octanol–water partition coefficient (Wildman–Crippen LogP) is 0.371. The van der Waals surface area contributed by atoms with Gasteiger partial charge in [0.25, 0.3) is 5.91 Å². The number of nitrogens with one attached hydrogen (secondary N) is 3. The number of hydrogen-bond donors (Lipinski definition) is 6. The van der Waals surface area contributed by atoms with Crippen LogP contribution in [0.5, 0.6) is 0 Å². The number of aliphatic carboxylic acids is 3. The van der Waals surface area contributed by atoms with Crippen LogP contribution in [0.15, 0.2) is 30.5 Å². The lowest BCUT2D eigenvalue weighted by Gasteiger charge is -2.32. The monoisotopic (exact) mass is 577 g/mol. The van der Waals surface area contributed by atoms with Crippen molar-refractivity contribution in [3.63, 3.8) is 0 Å². The predicted molar refractivity (Wildman–Crippen MR) is 142 cm³/mol. The number of unbranched alkanes of at least 4 members (excludes halogenated alkanes) is 1. The smallest absolute Gasteiger partial charge is 0.326 e. The third-order valence-electron chi connectivity index (χ3n) is 5.75. The summed E-state index contributed by atoms with van der Waals surface area (Å²) in [5.74, 6) is -4.31. The zero-order chi connectivity index (χ0) is 30.6. The summed E-state index contributed by atoms with van der Waals surface area (Å²) >= 11 is 0. The molecule has 0 aliphatic rings. The molecule has 2 rings (SSSR count). The number of carboxylic acid groups (broad SMARTS) is 3. The van der Waals surface area contributed by atoms with Gasteiger partial charge in [0, 0.05) is 18.5 Å². The largest absolute Gasteiger partial charge is 0.633 e. The minimum atomic E-state index is -1.48. The van der Waals surface area contributed by atoms with E-state index in [1.807, 2.05) is 0 Å². The number of amides is 3. The number of nitrogens with zero attached hydrogens (tertiary/aromatic N) is 4. The molecule has 1 heterocycles. The van der Waals surface area contributed by atoms with Crippen LogP contribution in [0.4, 0.5) is 4.79 Å². The van der Waals surface area contributed by atoms with Crippen LogP contribution in [-0.2, 0) is 27.5 Å². The van der Waals surface area contributed by atoms with Crippen molar-refractivity contribution in [3.05, 3.63) is 52.5 Å². The van der Waals surface area contributed by atoms with Crippen LogP contribution >= 0.6 is 0 Å². The van der Waals surface area contributed by atoms with Gasteiger partial charge < -0.3 is 41.1 Å². The summed E-state index contributed by atoms with van der Waals surface area (Å²) in [6.45, 7) is 0.869. The van der Waals surface area contributed by atoms with Gasteiger partial charge in [-0.15, -0.1) is 5.10 Å². The molecule has 2 atom stereocenters. The fourth-order valence-corrected chi connectivity index (χ4v) is 3.75. The number of quaternary nitrogens is 1. The Labute approximate surface area is 235 Å². The van der Waals surface area contributed by atoms with E-state index in [9.17, 15) is 34.3 Å². The Kier molecular flexibility index (Phi) is 12.2. The van der Waals surface area contributed by atoms with E-state index in [1.54, 1.807) is 35.1 Å². The number of aromatic nitrogens is 3. The molecular formula is C25H35N7O9. The molecule has 3 amide bonds. The van der Waals surface area contributed by atoms with Crippen molar-refractivity contribution in [3.8, 4) is 0 Å². The fourth-order valence-electron chi connectivity index (χ4n) is 3.75. The number of hydrogen-bond acceptors (Lipinski definition) is 8. The number of hydroxylamine groups is 3. The van der Waals surface area contributed by atoms with Crippen molar-refractivity contribution in [1.82, 2.24) is 30.9 Å². The van der Waals surface area contributed by atoms with E-state index in [1.165, 1.54) is 14.1 Å². The zero-order valence-electron chi connectivity index (χ0n) is 22.8. The van der Waals surface area contributed by atoms with Gasteiger partial charge in [0.1, 0.15) is 24.3 Å². The van der Waals surface area contributed by atoms with Gasteiger partial charge in [0.15, 0.2) is 0 Å². The highest BCUT2D eigenvalue weighted by molar-refractivity contribution is 5.94. The quantitative estimate of drug-likeness (QED) is 0.0853. The van der Waals surface area contributed by atoms with Crippen molar-refractivity contribution < 1.29 is 43.9 Å². The normalized spacial score (nSPS) is 12.7. The zero-order valence-corrected chi connectivity index (χ0v) is 22.8. The molecule has 6 N–H and O–H groups in total. The molecule has 0 bridgehead atoms. The van der Waals surface area contributed by atoms with Gasteiger partial charge in [-0.3, -0.25) is 9.59 Å². The maximum absolute atomic E-state index is 12.4. The van der Waals surface area contributed by atoms with Crippen LogP contribution in [0.1, 0.15) is 53.7 Å². The molecule has 16 nitrogen and oxygen atoms in total. The molecule has 0 aliphatic carbocycles. The van der Waals surface area contributed by atoms with Gasteiger partial charge in [0.2, 0.25) is 0 Å². The molecule has 0 unspecified atom stereocenters.